The van der Waals surface area contributed by atoms with Crippen LogP contribution < -0.4 is 0 Å². The van der Waals surface area contributed by atoms with Gasteiger partial charge >= 0.3 is 0 Å². The Morgan fingerprint density at radius 2 is 1.47 bits per heavy atom. The van der Waals surface area contributed by atoms with Gasteiger partial charge in [0, 0.05) is 13.0 Å². The zero-order chi connectivity index (χ0) is 15.1. The standard InChI is InChI=1S/C17H36O2/c1-9-10-11-18-16(5,6)13-15(4)19-17(7,8)12-14(2)3/h14-15H,9-13H2,1-8H3. The SMILES string of the molecule is CCCCOC(C)(C)CC(C)OC(C)(C)CC(C)C. The predicted octanol–water partition coefficient (Wildman–Crippen LogP) is 5.20. The lowest BCUT2D eigenvalue weighted by Gasteiger charge is -2.35. The normalized spacial score (nSPS) is 15.0. The van der Waals surface area contributed by atoms with E-state index in [4.69, 9.17) is 9.47 Å². The van der Waals surface area contributed by atoms with Gasteiger partial charge in [0.15, 0.2) is 0 Å². The molecule has 0 radical (unpaired) electrons. The molecule has 0 saturated carbocycles. The molecular formula is C17H36O2. The molecule has 0 aliphatic rings. The summed E-state index contributed by atoms with van der Waals surface area (Å²) in [6.07, 6.45) is 4.58. The number of hydrogen-bond donors (Lipinski definition) is 0. The highest BCUT2D eigenvalue weighted by Gasteiger charge is 2.27. The Labute approximate surface area is 121 Å². The van der Waals surface area contributed by atoms with Gasteiger partial charge in [-0.2, -0.15) is 0 Å². The smallest absolute Gasteiger partial charge is 0.0651 e. The molecule has 0 fully saturated rings. The molecule has 19 heavy (non-hydrogen) atoms. The quantitative estimate of drug-likeness (QED) is 0.509. The van der Waals surface area contributed by atoms with Crippen molar-refractivity contribution >= 4 is 0 Å². The van der Waals surface area contributed by atoms with E-state index in [-0.39, 0.29) is 17.3 Å². The first-order chi connectivity index (χ1) is 8.58. The van der Waals surface area contributed by atoms with Crippen LogP contribution in [0.25, 0.3) is 0 Å². The molecule has 116 valence electrons. The topological polar surface area (TPSA) is 18.5 Å². The van der Waals surface area contributed by atoms with Crippen molar-refractivity contribution in [2.24, 2.45) is 5.92 Å². The summed E-state index contributed by atoms with van der Waals surface area (Å²) in [6, 6.07) is 0. The van der Waals surface area contributed by atoms with Crippen LogP contribution in [0.1, 0.15) is 81.1 Å². The van der Waals surface area contributed by atoms with Gasteiger partial charge < -0.3 is 9.47 Å². The number of rotatable bonds is 10. The summed E-state index contributed by atoms with van der Waals surface area (Å²) in [4.78, 5) is 0. The van der Waals surface area contributed by atoms with E-state index in [9.17, 15) is 0 Å². The summed E-state index contributed by atoms with van der Waals surface area (Å²) < 4.78 is 12.2. The first-order valence-corrected chi connectivity index (χ1v) is 7.90. The molecular weight excluding hydrogens is 236 g/mol. The second-order valence-electron chi connectivity index (χ2n) is 7.45. The van der Waals surface area contributed by atoms with Crippen LogP contribution in [0.2, 0.25) is 0 Å². The molecule has 2 heteroatoms. The Bertz CT molecular complexity index is 231. The van der Waals surface area contributed by atoms with Gasteiger partial charge in [0.05, 0.1) is 17.3 Å². The molecule has 0 spiro atoms. The molecule has 0 rings (SSSR count). The molecule has 0 aromatic carbocycles. The maximum absolute atomic E-state index is 6.21. The number of hydrogen-bond acceptors (Lipinski definition) is 2. The van der Waals surface area contributed by atoms with Crippen molar-refractivity contribution in [2.75, 3.05) is 6.61 Å². The monoisotopic (exact) mass is 272 g/mol. The molecule has 0 saturated heterocycles. The van der Waals surface area contributed by atoms with E-state index in [1.165, 1.54) is 6.42 Å². The number of unbranched alkanes of at least 4 members (excludes halogenated alkanes) is 1. The number of ether oxygens (including phenoxy) is 2. The minimum atomic E-state index is -0.0947. The lowest BCUT2D eigenvalue weighted by atomic mass is 9.95. The summed E-state index contributed by atoms with van der Waals surface area (Å²) in [5, 5.41) is 0. The van der Waals surface area contributed by atoms with Gasteiger partial charge in [0.25, 0.3) is 0 Å². The Morgan fingerprint density at radius 1 is 0.895 bits per heavy atom. The summed E-state index contributed by atoms with van der Waals surface area (Å²) >= 11 is 0. The lowest BCUT2D eigenvalue weighted by molar-refractivity contribution is -0.114. The van der Waals surface area contributed by atoms with Crippen molar-refractivity contribution in [2.45, 2.75) is 98.4 Å². The second-order valence-corrected chi connectivity index (χ2v) is 7.45. The molecule has 0 aliphatic carbocycles. The largest absolute Gasteiger partial charge is 0.375 e. The minimum Gasteiger partial charge on any atom is -0.375 e. The summed E-state index contributed by atoms with van der Waals surface area (Å²) in [5.74, 6) is 0.663. The molecule has 2 nitrogen and oxygen atoms in total. The van der Waals surface area contributed by atoms with Crippen LogP contribution in [0.3, 0.4) is 0 Å². The van der Waals surface area contributed by atoms with E-state index in [0.717, 1.165) is 25.9 Å². The fourth-order valence-corrected chi connectivity index (χ4v) is 2.86. The zero-order valence-electron chi connectivity index (χ0n) is 14.5. The van der Waals surface area contributed by atoms with E-state index in [1.807, 2.05) is 0 Å². The highest BCUT2D eigenvalue weighted by Crippen LogP contribution is 2.26. The Hall–Kier alpha value is -0.0800. The van der Waals surface area contributed by atoms with Crippen LogP contribution in [0.5, 0.6) is 0 Å². The Morgan fingerprint density at radius 3 is 1.95 bits per heavy atom. The van der Waals surface area contributed by atoms with E-state index in [1.54, 1.807) is 0 Å². The van der Waals surface area contributed by atoms with Gasteiger partial charge in [-0.05, 0) is 53.4 Å². The van der Waals surface area contributed by atoms with Gasteiger partial charge in [0.1, 0.15) is 0 Å². The van der Waals surface area contributed by atoms with E-state index < -0.39 is 0 Å². The molecule has 1 atom stereocenters. The lowest BCUT2D eigenvalue weighted by Crippen LogP contribution is -2.36. The summed E-state index contributed by atoms with van der Waals surface area (Å²) in [5.41, 5.74) is -0.143. The molecule has 0 aromatic rings. The Balaban J connectivity index is 4.17. The van der Waals surface area contributed by atoms with Crippen LogP contribution in [0, 0.1) is 5.92 Å². The van der Waals surface area contributed by atoms with Gasteiger partial charge in [-0.25, -0.2) is 0 Å². The first-order valence-electron chi connectivity index (χ1n) is 7.90. The van der Waals surface area contributed by atoms with E-state index >= 15 is 0 Å². The van der Waals surface area contributed by atoms with Gasteiger partial charge in [0.2, 0.25) is 0 Å². The molecule has 0 N–H and O–H groups in total. The van der Waals surface area contributed by atoms with Gasteiger partial charge in [-0.15, -0.1) is 0 Å². The molecule has 1 unspecified atom stereocenters. The van der Waals surface area contributed by atoms with Crippen LogP contribution in [0.4, 0.5) is 0 Å². The third-order valence-corrected chi connectivity index (χ3v) is 3.19. The van der Waals surface area contributed by atoms with Gasteiger partial charge in [-0.1, -0.05) is 27.2 Å². The van der Waals surface area contributed by atoms with Crippen molar-refractivity contribution in [3.05, 3.63) is 0 Å². The second kappa shape index (κ2) is 8.26. The van der Waals surface area contributed by atoms with Crippen LogP contribution in [0.15, 0.2) is 0 Å². The van der Waals surface area contributed by atoms with Gasteiger partial charge in [-0.3, -0.25) is 0 Å². The molecule has 0 amide bonds. The third kappa shape index (κ3) is 10.4. The fraction of sp³-hybridized carbons (Fsp3) is 1.00. The van der Waals surface area contributed by atoms with Crippen LogP contribution in [-0.2, 0) is 9.47 Å². The highest BCUT2D eigenvalue weighted by molar-refractivity contribution is 4.77. The maximum Gasteiger partial charge on any atom is 0.0651 e. The molecule has 0 heterocycles. The van der Waals surface area contributed by atoms with E-state index in [2.05, 4.69) is 55.4 Å². The highest BCUT2D eigenvalue weighted by atomic mass is 16.5. The average Bonchev–Trinajstić information content (AvgIpc) is 2.12. The van der Waals surface area contributed by atoms with Crippen molar-refractivity contribution in [1.82, 2.24) is 0 Å². The summed E-state index contributed by atoms with van der Waals surface area (Å²) in [6.45, 7) is 18.4. The predicted molar refractivity (Wildman–Crippen MR) is 83.6 cm³/mol. The first kappa shape index (κ1) is 18.9. The fourth-order valence-electron chi connectivity index (χ4n) is 2.86. The van der Waals surface area contributed by atoms with Crippen molar-refractivity contribution in [1.29, 1.82) is 0 Å². The van der Waals surface area contributed by atoms with E-state index in [0.29, 0.717) is 5.92 Å². The Kier molecular flexibility index (Phi) is 8.23. The third-order valence-electron chi connectivity index (χ3n) is 3.19. The molecule has 0 aliphatic heterocycles. The zero-order valence-corrected chi connectivity index (χ0v) is 14.5. The maximum atomic E-state index is 6.21. The minimum absolute atomic E-state index is 0.0485. The van der Waals surface area contributed by atoms with Crippen LogP contribution >= 0.6 is 0 Å². The summed E-state index contributed by atoms with van der Waals surface area (Å²) in [7, 11) is 0. The molecule has 0 bridgehead atoms. The molecule has 0 aromatic heterocycles. The van der Waals surface area contributed by atoms with Crippen molar-refractivity contribution in [3.63, 3.8) is 0 Å². The van der Waals surface area contributed by atoms with Crippen LogP contribution in [-0.4, -0.2) is 23.9 Å². The average molecular weight is 272 g/mol. The van der Waals surface area contributed by atoms with Crippen molar-refractivity contribution in [3.8, 4) is 0 Å². The van der Waals surface area contributed by atoms with Crippen molar-refractivity contribution < 1.29 is 9.47 Å².